The van der Waals surface area contributed by atoms with Crippen LogP contribution in [0.1, 0.15) is 56.9 Å². The number of hydrogen-bond acceptors (Lipinski definition) is 0. The van der Waals surface area contributed by atoms with E-state index in [1.807, 2.05) is 12.1 Å². The van der Waals surface area contributed by atoms with Gasteiger partial charge in [0.25, 0.3) is 0 Å². The molecule has 122 valence electrons. The Hall–Kier alpha value is -1.08. The van der Waals surface area contributed by atoms with E-state index in [1.165, 1.54) is 44.1 Å². The quantitative estimate of drug-likeness (QED) is 0.530. The molecule has 0 aromatic heterocycles. The van der Waals surface area contributed by atoms with Crippen molar-refractivity contribution in [2.75, 3.05) is 0 Å². The van der Waals surface area contributed by atoms with Gasteiger partial charge in [0.15, 0.2) is 0 Å². The monoisotopic (exact) mass is 330 g/mol. The summed E-state index contributed by atoms with van der Waals surface area (Å²) in [4.78, 5) is 0. The Balaban J connectivity index is 1.61. The number of hydrogen-bond donors (Lipinski definition) is 0. The summed E-state index contributed by atoms with van der Waals surface area (Å²) < 4.78 is 14.5. The summed E-state index contributed by atoms with van der Waals surface area (Å²) in [6.07, 6.45) is 7.93. The van der Waals surface area contributed by atoms with Gasteiger partial charge in [0.1, 0.15) is 5.82 Å². The summed E-state index contributed by atoms with van der Waals surface area (Å²) in [6.45, 7) is 2.39. The van der Waals surface area contributed by atoms with Gasteiger partial charge < -0.3 is 0 Å². The van der Waals surface area contributed by atoms with Crippen LogP contribution < -0.4 is 0 Å². The van der Waals surface area contributed by atoms with Crippen LogP contribution >= 0.6 is 11.6 Å². The fourth-order valence-corrected chi connectivity index (χ4v) is 5.14. The normalized spacial score (nSPS) is 31.1. The smallest absolute Gasteiger partial charge is 0.131 e. The summed E-state index contributed by atoms with van der Waals surface area (Å²) in [5.41, 5.74) is 1.19. The van der Waals surface area contributed by atoms with Crippen molar-refractivity contribution in [1.29, 1.82) is 0 Å². The Bertz CT molecular complexity index is 723. The summed E-state index contributed by atoms with van der Waals surface area (Å²) in [7, 11) is 0. The van der Waals surface area contributed by atoms with Crippen LogP contribution in [0, 0.1) is 23.6 Å². The van der Waals surface area contributed by atoms with Crippen molar-refractivity contribution in [1.82, 2.24) is 0 Å². The molecule has 4 unspecified atom stereocenters. The van der Waals surface area contributed by atoms with E-state index in [1.54, 1.807) is 12.1 Å². The molecule has 0 spiro atoms. The second-order valence-electron chi connectivity index (χ2n) is 7.82. The maximum Gasteiger partial charge on any atom is 0.131 e. The predicted molar refractivity (Wildman–Crippen MR) is 95.5 cm³/mol. The van der Waals surface area contributed by atoms with Crippen LogP contribution in [0.2, 0.25) is 5.02 Å². The third-order valence-electron chi connectivity index (χ3n) is 6.23. The zero-order valence-electron chi connectivity index (χ0n) is 13.7. The van der Waals surface area contributed by atoms with Crippen LogP contribution in [0.3, 0.4) is 0 Å². The predicted octanol–water partition coefficient (Wildman–Crippen LogP) is 6.95. The maximum absolute atomic E-state index is 14.5. The Morgan fingerprint density at radius 1 is 0.957 bits per heavy atom. The van der Waals surface area contributed by atoms with E-state index < -0.39 is 0 Å². The number of fused-ring (bicyclic) bond motifs is 2. The molecule has 2 fully saturated rings. The lowest BCUT2D eigenvalue weighted by Crippen LogP contribution is -2.29. The molecule has 0 radical (unpaired) electrons. The van der Waals surface area contributed by atoms with E-state index in [9.17, 15) is 4.39 Å². The number of benzene rings is 2. The molecular weight excluding hydrogens is 307 g/mol. The second kappa shape index (κ2) is 6.09. The molecule has 0 heterocycles. The SMILES string of the molecule is CC1CCC2CC(c3cc(F)c4cc(Cl)ccc4c3)CCC2C1. The number of rotatable bonds is 1. The molecule has 2 aliphatic carbocycles. The van der Waals surface area contributed by atoms with Gasteiger partial charge in [-0.05, 0) is 84.9 Å². The Kier molecular flexibility index (Phi) is 4.09. The van der Waals surface area contributed by atoms with Crippen molar-refractivity contribution in [2.24, 2.45) is 17.8 Å². The fraction of sp³-hybridized carbons (Fsp3) is 0.524. The summed E-state index contributed by atoms with van der Waals surface area (Å²) in [6, 6.07) is 9.47. The first-order valence-corrected chi connectivity index (χ1v) is 9.36. The molecule has 23 heavy (non-hydrogen) atoms. The van der Waals surface area contributed by atoms with Crippen LogP contribution in [-0.2, 0) is 0 Å². The molecule has 2 aromatic rings. The molecular formula is C21H24ClF. The third-order valence-corrected chi connectivity index (χ3v) is 6.47. The zero-order valence-corrected chi connectivity index (χ0v) is 14.5. The Labute approximate surface area is 143 Å². The molecule has 0 N–H and O–H groups in total. The highest BCUT2D eigenvalue weighted by molar-refractivity contribution is 6.31. The fourth-order valence-electron chi connectivity index (χ4n) is 4.97. The molecule has 4 rings (SSSR count). The summed E-state index contributed by atoms with van der Waals surface area (Å²) in [5, 5.41) is 2.21. The van der Waals surface area contributed by atoms with Crippen molar-refractivity contribution in [3.8, 4) is 0 Å². The molecule has 0 aliphatic heterocycles. The topological polar surface area (TPSA) is 0 Å². The van der Waals surface area contributed by atoms with Gasteiger partial charge in [0, 0.05) is 10.4 Å². The summed E-state index contributed by atoms with van der Waals surface area (Å²) >= 11 is 6.00. The lowest BCUT2D eigenvalue weighted by atomic mass is 9.64. The molecule has 0 bridgehead atoms. The van der Waals surface area contributed by atoms with Crippen molar-refractivity contribution < 1.29 is 4.39 Å². The molecule has 2 aliphatic rings. The van der Waals surface area contributed by atoms with Crippen LogP contribution in [0.5, 0.6) is 0 Å². The average molecular weight is 331 g/mol. The highest BCUT2D eigenvalue weighted by atomic mass is 35.5. The Morgan fingerprint density at radius 3 is 2.61 bits per heavy atom. The lowest BCUT2D eigenvalue weighted by molar-refractivity contribution is 0.124. The van der Waals surface area contributed by atoms with E-state index in [0.717, 1.165) is 23.1 Å². The largest absolute Gasteiger partial charge is 0.206 e. The van der Waals surface area contributed by atoms with E-state index in [-0.39, 0.29) is 5.82 Å². The van der Waals surface area contributed by atoms with Gasteiger partial charge in [-0.1, -0.05) is 37.1 Å². The van der Waals surface area contributed by atoms with Crippen molar-refractivity contribution in [2.45, 2.75) is 51.4 Å². The minimum absolute atomic E-state index is 0.126. The standard InChI is InChI=1S/C21H24ClF/c1-13-2-3-15-9-16(5-4-14(15)8-13)18-10-17-6-7-19(22)12-20(17)21(23)11-18/h6-7,10-16H,2-5,8-9H2,1H3. The molecule has 0 amide bonds. The van der Waals surface area contributed by atoms with Gasteiger partial charge in [-0.15, -0.1) is 0 Å². The van der Waals surface area contributed by atoms with Gasteiger partial charge >= 0.3 is 0 Å². The highest BCUT2D eigenvalue weighted by Gasteiger charge is 2.34. The zero-order chi connectivity index (χ0) is 16.0. The maximum atomic E-state index is 14.5. The molecule has 0 nitrogen and oxygen atoms in total. The second-order valence-corrected chi connectivity index (χ2v) is 8.25. The Morgan fingerprint density at radius 2 is 1.74 bits per heavy atom. The first-order valence-electron chi connectivity index (χ1n) is 8.99. The highest BCUT2D eigenvalue weighted by Crippen LogP contribution is 2.47. The van der Waals surface area contributed by atoms with Crippen LogP contribution in [0.25, 0.3) is 10.8 Å². The molecule has 0 saturated heterocycles. The minimum Gasteiger partial charge on any atom is -0.206 e. The first kappa shape index (κ1) is 15.4. The average Bonchev–Trinajstić information content (AvgIpc) is 2.55. The minimum atomic E-state index is -0.126. The van der Waals surface area contributed by atoms with Gasteiger partial charge in [0.2, 0.25) is 0 Å². The van der Waals surface area contributed by atoms with Crippen LogP contribution in [0.15, 0.2) is 30.3 Å². The van der Waals surface area contributed by atoms with E-state index in [2.05, 4.69) is 13.0 Å². The van der Waals surface area contributed by atoms with Gasteiger partial charge in [-0.3, -0.25) is 0 Å². The first-order chi connectivity index (χ1) is 11.1. The van der Waals surface area contributed by atoms with E-state index in [4.69, 9.17) is 11.6 Å². The van der Waals surface area contributed by atoms with Crippen molar-refractivity contribution in [3.63, 3.8) is 0 Å². The third kappa shape index (κ3) is 3.01. The molecule has 4 atom stereocenters. The lowest BCUT2D eigenvalue weighted by Gasteiger charge is -2.41. The van der Waals surface area contributed by atoms with Gasteiger partial charge in [-0.2, -0.15) is 0 Å². The van der Waals surface area contributed by atoms with Gasteiger partial charge in [0.05, 0.1) is 0 Å². The van der Waals surface area contributed by atoms with Gasteiger partial charge in [-0.25, -0.2) is 4.39 Å². The number of halogens is 2. The van der Waals surface area contributed by atoms with Crippen molar-refractivity contribution >= 4 is 22.4 Å². The van der Waals surface area contributed by atoms with Crippen molar-refractivity contribution in [3.05, 3.63) is 46.7 Å². The van der Waals surface area contributed by atoms with Crippen LogP contribution in [-0.4, -0.2) is 0 Å². The van der Waals surface area contributed by atoms with E-state index >= 15 is 0 Å². The summed E-state index contributed by atoms with van der Waals surface area (Å²) in [5.74, 6) is 3.07. The molecule has 2 saturated carbocycles. The molecule has 2 heteroatoms. The van der Waals surface area contributed by atoms with E-state index in [0.29, 0.717) is 16.3 Å². The van der Waals surface area contributed by atoms with Crippen LogP contribution in [0.4, 0.5) is 4.39 Å². The molecule has 2 aromatic carbocycles.